The molecule has 0 spiro atoms. The van der Waals surface area contributed by atoms with Gasteiger partial charge >= 0.3 is 0 Å². The van der Waals surface area contributed by atoms with Gasteiger partial charge in [-0.05, 0) is 49.2 Å². The molecule has 0 aliphatic heterocycles. The second-order valence-corrected chi connectivity index (χ2v) is 4.72. The van der Waals surface area contributed by atoms with Crippen molar-refractivity contribution in [1.82, 2.24) is 10.3 Å². The Morgan fingerprint density at radius 2 is 1.84 bits per heavy atom. The van der Waals surface area contributed by atoms with Crippen LogP contribution in [0.2, 0.25) is 0 Å². The summed E-state index contributed by atoms with van der Waals surface area (Å²) in [6, 6.07) is 8.67. The fourth-order valence-corrected chi connectivity index (χ4v) is 2.18. The predicted molar refractivity (Wildman–Crippen MR) is 77.6 cm³/mol. The number of nitrogens with zero attached hydrogens (tertiary/aromatic N) is 1. The maximum absolute atomic E-state index is 5.24. The highest BCUT2D eigenvalue weighted by Gasteiger charge is 2.13. The van der Waals surface area contributed by atoms with E-state index in [1.54, 1.807) is 13.3 Å². The molecule has 1 heterocycles. The Hall–Kier alpha value is -1.87. The summed E-state index contributed by atoms with van der Waals surface area (Å²) in [6.07, 6.45) is 3.59. The second kappa shape index (κ2) is 5.85. The quantitative estimate of drug-likeness (QED) is 0.913. The highest BCUT2D eigenvalue weighted by atomic mass is 16.5. The topological polar surface area (TPSA) is 34.2 Å². The molecule has 0 amide bonds. The summed E-state index contributed by atoms with van der Waals surface area (Å²) in [5, 5.41) is 3.34. The van der Waals surface area contributed by atoms with Crippen LogP contribution in [0.15, 0.2) is 36.7 Å². The first kappa shape index (κ1) is 13.6. The lowest BCUT2D eigenvalue weighted by atomic mass is 9.97. The van der Waals surface area contributed by atoms with Crippen LogP contribution in [-0.2, 0) is 0 Å². The molecule has 0 fully saturated rings. The van der Waals surface area contributed by atoms with Gasteiger partial charge in [0.05, 0.1) is 19.3 Å². The van der Waals surface area contributed by atoms with Crippen LogP contribution >= 0.6 is 0 Å². The van der Waals surface area contributed by atoms with Crippen LogP contribution in [0.1, 0.15) is 28.3 Å². The number of ether oxygens (including phenoxy) is 1. The van der Waals surface area contributed by atoms with Crippen LogP contribution in [0.4, 0.5) is 0 Å². The van der Waals surface area contributed by atoms with Crippen LogP contribution < -0.4 is 10.1 Å². The van der Waals surface area contributed by atoms with Crippen LogP contribution in [0.25, 0.3) is 0 Å². The molecule has 100 valence electrons. The molecule has 1 aromatic heterocycles. The van der Waals surface area contributed by atoms with Crippen molar-refractivity contribution < 1.29 is 4.74 Å². The van der Waals surface area contributed by atoms with Crippen molar-refractivity contribution in [3.8, 4) is 5.75 Å². The normalized spacial score (nSPS) is 12.2. The summed E-state index contributed by atoms with van der Waals surface area (Å²) in [4.78, 5) is 4.22. The van der Waals surface area contributed by atoms with E-state index in [1.165, 1.54) is 16.7 Å². The molecule has 2 aromatic rings. The lowest BCUT2D eigenvalue weighted by molar-refractivity contribution is 0.411. The minimum atomic E-state index is 0.127. The molecule has 0 saturated carbocycles. The maximum Gasteiger partial charge on any atom is 0.137 e. The third-order valence-electron chi connectivity index (χ3n) is 3.46. The van der Waals surface area contributed by atoms with E-state index >= 15 is 0 Å². The molecular formula is C16H20N2O. The van der Waals surface area contributed by atoms with Gasteiger partial charge in [-0.15, -0.1) is 0 Å². The Morgan fingerprint density at radius 1 is 1.05 bits per heavy atom. The molecule has 3 nitrogen and oxygen atoms in total. The number of methoxy groups -OCH3 is 1. The van der Waals surface area contributed by atoms with Gasteiger partial charge in [0, 0.05) is 6.20 Å². The van der Waals surface area contributed by atoms with E-state index in [9.17, 15) is 0 Å². The zero-order valence-corrected chi connectivity index (χ0v) is 11.9. The van der Waals surface area contributed by atoms with E-state index in [1.807, 2.05) is 19.3 Å². The molecule has 19 heavy (non-hydrogen) atoms. The van der Waals surface area contributed by atoms with E-state index in [2.05, 4.69) is 42.3 Å². The van der Waals surface area contributed by atoms with Crippen molar-refractivity contribution in [3.05, 3.63) is 58.9 Å². The van der Waals surface area contributed by atoms with Gasteiger partial charge in [-0.2, -0.15) is 0 Å². The van der Waals surface area contributed by atoms with Gasteiger partial charge < -0.3 is 10.1 Å². The highest BCUT2D eigenvalue weighted by Crippen LogP contribution is 2.25. The summed E-state index contributed by atoms with van der Waals surface area (Å²) in [5.74, 6) is 0.779. The summed E-state index contributed by atoms with van der Waals surface area (Å²) < 4.78 is 5.24. The van der Waals surface area contributed by atoms with Crippen LogP contribution in [0.5, 0.6) is 5.75 Å². The molecule has 1 atom stereocenters. The molecule has 0 aliphatic rings. The fourth-order valence-electron chi connectivity index (χ4n) is 2.18. The van der Waals surface area contributed by atoms with E-state index in [-0.39, 0.29) is 6.04 Å². The molecule has 0 bridgehead atoms. The van der Waals surface area contributed by atoms with Gasteiger partial charge in [-0.1, -0.05) is 18.2 Å². The van der Waals surface area contributed by atoms with Gasteiger partial charge in [0.1, 0.15) is 5.75 Å². The van der Waals surface area contributed by atoms with Gasteiger partial charge in [-0.25, -0.2) is 0 Å². The molecule has 1 unspecified atom stereocenters. The van der Waals surface area contributed by atoms with Gasteiger partial charge in [0.2, 0.25) is 0 Å². The van der Waals surface area contributed by atoms with Crippen molar-refractivity contribution in [2.45, 2.75) is 19.9 Å². The minimum Gasteiger partial charge on any atom is -0.495 e. The molecule has 2 rings (SSSR count). The Balaban J connectivity index is 2.40. The average Bonchev–Trinajstić information content (AvgIpc) is 2.44. The number of hydrogen-bond acceptors (Lipinski definition) is 3. The zero-order chi connectivity index (χ0) is 13.8. The summed E-state index contributed by atoms with van der Waals surface area (Å²) >= 11 is 0. The van der Waals surface area contributed by atoms with Crippen LogP contribution in [0.3, 0.4) is 0 Å². The number of hydrogen-bond donors (Lipinski definition) is 1. The molecule has 0 saturated heterocycles. The van der Waals surface area contributed by atoms with Crippen molar-refractivity contribution in [2.75, 3.05) is 14.2 Å². The standard InChI is InChI=1S/C16H20N2O/c1-11-5-6-13(7-12(11)2)16(17-3)14-8-15(19-4)10-18-9-14/h5-10,16-17H,1-4H3. The monoisotopic (exact) mass is 256 g/mol. The summed E-state index contributed by atoms with van der Waals surface area (Å²) in [5.41, 5.74) is 4.95. The Labute approximate surface area is 114 Å². The van der Waals surface area contributed by atoms with Crippen LogP contribution in [0, 0.1) is 13.8 Å². The molecule has 1 aromatic carbocycles. The SMILES string of the molecule is CNC(c1cncc(OC)c1)c1ccc(C)c(C)c1. The minimum absolute atomic E-state index is 0.127. The van der Waals surface area contributed by atoms with Crippen molar-refractivity contribution >= 4 is 0 Å². The molecule has 0 radical (unpaired) electrons. The maximum atomic E-state index is 5.24. The molecule has 3 heteroatoms. The van der Waals surface area contributed by atoms with Crippen molar-refractivity contribution in [2.24, 2.45) is 0 Å². The molecule has 0 aliphatic carbocycles. The molecular weight excluding hydrogens is 236 g/mol. The van der Waals surface area contributed by atoms with E-state index in [0.717, 1.165) is 11.3 Å². The third kappa shape index (κ3) is 2.93. The number of benzene rings is 1. The Bertz CT molecular complexity index is 566. The second-order valence-electron chi connectivity index (χ2n) is 4.72. The third-order valence-corrected chi connectivity index (χ3v) is 3.46. The predicted octanol–water partition coefficient (Wildman–Crippen LogP) is 3.02. The highest BCUT2D eigenvalue weighted by molar-refractivity contribution is 5.38. The number of aromatic nitrogens is 1. The number of rotatable bonds is 4. The lowest BCUT2D eigenvalue weighted by Gasteiger charge is -2.18. The zero-order valence-electron chi connectivity index (χ0n) is 11.9. The average molecular weight is 256 g/mol. The first-order chi connectivity index (χ1) is 9.15. The van der Waals surface area contributed by atoms with Gasteiger partial charge in [-0.3, -0.25) is 4.98 Å². The number of aryl methyl sites for hydroxylation is 2. The summed E-state index contributed by atoms with van der Waals surface area (Å²) in [6.45, 7) is 4.26. The summed E-state index contributed by atoms with van der Waals surface area (Å²) in [7, 11) is 3.62. The lowest BCUT2D eigenvalue weighted by Crippen LogP contribution is -2.18. The van der Waals surface area contributed by atoms with E-state index in [0.29, 0.717) is 0 Å². The van der Waals surface area contributed by atoms with Crippen LogP contribution in [-0.4, -0.2) is 19.1 Å². The number of nitrogens with one attached hydrogen (secondary N) is 1. The number of pyridine rings is 1. The van der Waals surface area contributed by atoms with Crippen molar-refractivity contribution in [1.29, 1.82) is 0 Å². The largest absolute Gasteiger partial charge is 0.495 e. The first-order valence-corrected chi connectivity index (χ1v) is 6.39. The first-order valence-electron chi connectivity index (χ1n) is 6.39. The van der Waals surface area contributed by atoms with E-state index < -0.39 is 0 Å². The van der Waals surface area contributed by atoms with E-state index in [4.69, 9.17) is 4.74 Å². The molecule has 1 N–H and O–H groups in total. The van der Waals surface area contributed by atoms with Crippen molar-refractivity contribution in [3.63, 3.8) is 0 Å². The smallest absolute Gasteiger partial charge is 0.137 e. The Morgan fingerprint density at radius 3 is 2.47 bits per heavy atom. The van der Waals surface area contributed by atoms with Gasteiger partial charge in [0.25, 0.3) is 0 Å². The Kier molecular flexibility index (Phi) is 4.17. The fraction of sp³-hybridized carbons (Fsp3) is 0.312. The van der Waals surface area contributed by atoms with Gasteiger partial charge in [0.15, 0.2) is 0 Å².